The molecule has 2 heterocycles. The summed E-state index contributed by atoms with van der Waals surface area (Å²) in [5.41, 5.74) is 12.6. The van der Waals surface area contributed by atoms with Crippen LogP contribution in [-0.4, -0.2) is 0 Å². The summed E-state index contributed by atoms with van der Waals surface area (Å²) in [6.07, 6.45) is 0. The molecular weight excluding hydrogens is 522 g/mol. The molecule has 0 aromatic heterocycles. The van der Waals surface area contributed by atoms with Gasteiger partial charge in [-0.1, -0.05) is 72.8 Å². The van der Waals surface area contributed by atoms with Gasteiger partial charge in [0.25, 0.3) is 0 Å². The molecule has 0 fully saturated rings. The molecule has 0 spiro atoms. The Morgan fingerprint density at radius 1 is 0.310 bits per heavy atom. The number of anilines is 6. The Kier molecular flexibility index (Phi) is 5.54. The molecular formula is C38H24F2N2. The predicted molar refractivity (Wildman–Crippen MR) is 167 cm³/mol. The van der Waals surface area contributed by atoms with Crippen molar-refractivity contribution >= 4 is 45.3 Å². The molecule has 8 rings (SSSR count). The number of halogens is 2. The molecule has 0 N–H and O–H groups in total. The molecule has 0 aliphatic carbocycles. The second-order valence-electron chi connectivity index (χ2n) is 10.4. The van der Waals surface area contributed by atoms with Crippen molar-refractivity contribution < 1.29 is 8.78 Å². The van der Waals surface area contributed by atoms with Crippen LogP contribution >= 0.6 is 0 Å². The Morgan fingerprint density at radius 3 is 0.857 bits per heavy atom. The van der Waals surface area contributed by atoms with E-state index in [0.29, 0.717) is 0 Å². The van der Waals surface area contributed by atoms with E-state index in [4.69, 9.17) is 0 Å². The van der Waals surface area contributed by atoms with Crippen molar-refractivity contribution in [1.29, 1.82) is 0 Å². The Balaban J connectivity index is 1.46. The summed E-state index contributed by atoms with van der Waals surface area (Å²) >= 11 is 0. The van der Waals surface area contributed by atoms with E-state index >= 15 is 0 Å². The first kappa shape index (κ1) is 24.3. The Bertz CT molecular complexity index is 1760. The zero-order valence-electron chi connectivity index (χ0n) is 22.5. The zero-order chi connectivity index (χ0) is 28.2. The van der Waals surface area contributed by atoms with Crippen LogP contribution in [0.3, 0.4) is 0 Å². The molecule has 0 radical (unpaired) electrons. The van der Waals surface area contributed by atoms with E-state index in [1.165, 1.54) is 24.3 Å². The first-order valence-corrected chi connectivity index (χ1v) is 13.9. The monoisotopic (exact) mass is 546 g/mol. The van der Waals surface area contributed by atoms with Gasteiger partial charge in [0.15, 0.2) is 0 Å². The Labute approximate surface area is 243 Å². The summed E-state index contributed by atoms with van der Waals surface area (Å²) in [6, 6.07) is 47.0. The van der Waals surface area contributed by atoms with Gasteiger partial charge in [-0.3, -0.25) is 0 Å². The highest BCUT2D eigenvalue weighted by Gasteiger charge is 2.34. The highest BCUT2D eigenvalue weighted by atomic mass is 19.1. The van der Waals surface area contributed by atoms with Crippen molar-refractivity contribution in [2.45, 2.75) is 0 Å². The molecule has 2 nitrogen and oxygen atoms in total. The maximum absolute atomic E-state index is 14.0. The van der Waals surface area contributed by atoms with Gasteiger partial charge in [0.05, 0.1) is 22.7 Å². The Morgan fingerprint density at radius 2 is 0.571 bits per heavy atom. The number of fused-ring (bicyclic) bond motifs is 4. The van der Waals surface area contributed by atoms with Gasteiger partial charge >= 0.3 is 0 Å². The average Bonchev–Trinajstić information content (AvgIpc) is 3.04. The minimum atomic E-state index is -0.263. The molecule has 0 bridgehead atoms. The molecule has 0 saturated carbocycles. The predicted octanol–water partition coefficient (Wildman–Crippen LogP) is 10.5. The van der Waals surface area contributed by atoms with Crippen LogP contribution in [0.25, 0.3) is 11.1 Å². The molecule has 4 heteroatoms. The van der Waals surface area contributed by atoms with Gasteiger partial charge in [0, 0.05) is 44.8 Å². The topological polar surface area (TPSA) is 6.48 Å². The first-order valence-electron chi connectivity index (χ1n) is 13.9. The van der Waals surface area contributed by atoms with Crippen LogP contribution in [0.4, 0.5) is 42.9 Å². The normalized spacial score (nSPS) is 13.3. The summed E-state index contributed by atoms with van der Waals surface area (Å²) in [7, 11) is 0. The summed E-state index contributed by atoms with van der Waals surface area (Å²) in [5, 5.41) is 0. The molecule has 2 aliphatic rings. The fourth-order valence-corrected chi connectivity index (χ4v) is 6.35. The molecule has 0 amide bonds. The number of para-hydroxylation sites is 4. The van der Waals surface area contributed by atoms with Crippen molar-refractivity contribution in [2.75, 3.05) is 9.80 Å². The van der Waals surface area contributed by atoms with E-state index in [0.717, 1.165) is 67.5 Å². The average molecular weight is 547 g/mol. The summed E-state index contributed by atoms with van der Waals surface area (Å²) in [6.45, 7) is 0. The third kappa shape index (κ3) is 3.69. The van der Waals surface area contributed by atoms with E-state index in [2.05, 4.69) is 82.6 Å². The maximum atomic E-state index is 14.0. The molecule has 6 aromatic rings. The third-order valence-corrected chi connectivity index (χ3v) is 8.08. The van der Waals surface area contributed by atoms with Crippen molar-refractivity contribution in [3.05, 3.63) is 179 Å². The van der Waals surface area contributed by atoms with E-state index < -0.39 is 0 Å². The van der Waals surface area contributed by atoms with Crippen LogP contribution in [-0.2, 0) is 0 Å². The van der Waals surface area contributed by atoms with Crippen LogP contribution < -0.4 is 9.80 Å². The summed E-state index contributed by atoms with van der Waals surface area (Å²) in [4.78, 5) is 4.42. The fraction of sp³-hybridized carbons (Fsp3) is 0. The van der Waals surface area contributed by atoms with Crippen LogP contribution in [0.5, 0.6) is 0 Å². The quantitative estimate of drug-likeness (QED) is 0.213. The van der Waals surface area contributed by atoms with Gasteiger partial charge in [-0.25, -0.2) is 8.78 Å². The molecule has 200 valence electrons. The maximum Gasteiger partial charge on any atom is 0.123 e. The molecule has 0 unspecified atom stereocenters. The second kappa shape index (κ2) is 9.57. The van der Waals surface area contributed by atoms with Crippen molar-refractivity contribution in [1.82, 2.24) is 0 Å². The largest absolute Gasteiger partial charge is 0.309 e. The molecule has 42 heavy (non-hydrogen) atoms. The lowest BCUT2D eigenvalue weighted by Gasteiger charge is -2.39. The van der Waals surface area contributed by atoms with E-state index in [1.54, 1.807) is 0 Å². The first-order chi connectivity index (χ1) is 20.7. The van der Waals surface area contributed by atoms with Crippen molar-refractivity contribution in [3.8, 4) is 0 Å². The summed E-state index contributed by atoms with van der Waals surface area (Å²) in [5.74, 6) is -0.525. The van der Waals surface area contributed by atoms with E-state index in [9.17, 15) is 8.78 Å². The highest BCUT2D eigenvalue weighted by molar-refractivity contribution is 6.17. The van der Waals surface area contributed by atoms with E-state index in [-0.39, 0.29) is 11.6 Å². The Hall–Kier alpha value is -5.48. The highest BCUT2D eigenvalue weighted by Crippen LogP contribution is 2.56. The summed E-state index contributed by atoms with van der Waals surface area (Å²) < 4.78 is 27.9. The van der Waals surface area contributed by atoms with Crippen LogP contribution in [0.2, 0.25) is 0 Å². The lowest BCUT2D eigenvalue weighted by atomic mass is 9.79. The molecule has 6 aromatic carbocycles. The number of nitrogens with zero attached hydrogens (tertiary/aromatic N) is 2. The second-order valence-corrected chi connectivity index (χ2v) is 10.4. The van der Waals surface area contributed by atoms with Crippen molar-refractivity contribution in [2.24, 2.45) is 0 Å². The zero-order valence-corrected chi connectivity index (χ0v) is 22.5. The van der Waals surface area contributed by atoms with Crippen LogP contribution in [0.15, 0.2) is 146 Å². The van der Waals surface area contributed by atoms with Gasteiger partial charge in [-0.05, 0) is 72.8 Å². The van der Waals surface area contributed by atoms with Crippen LogP contribution in [0.1, 0.15) is 22.3 Å². The minimum Gasteiger partial charge on any atom is -0.309 e. The lowest BCUT2D eigenvalue weighted by Crippen LogP contribution is -2.21. The van der Waals surface area contributed by atoms with Gasteiger partial charge in [-0.2, -0.15) is 0 Å². The number of hydrogen-bond donors (Lipinski definition) is 0. The van der Waals surface area contributed by atoms with Gasteiger partial charge in [0.2, 0.25) is 0 Å². The fourth-order valence-electron chi connectivity index (χ4n) is 6.35. The SMILES string of the molecule is Fc1ccc(N2c3ccccc3C(=C3c4ccccc4N(c4ccc(F)cc4)c4ccccc43)c3ccccc32)cc1. The van der Waals surface area contributed by atoms with E-state index in [1.807, 2.05) is 48.5 Å². The van der Waals surface area contributed by atoms with Gasteiger partial charge in [0.1, 0.15) is 11.6 Å². The molecule has 0 saturated heterocycles. The number of benzene rings is 6. The molecule has 2 aliphatic heterocycles. The molecule has 0 atom stereocenters. The minimum absolute atomic E-state index is 0.263. The van der Waals surface area contributed by atoms with Gasteiger partial charge < -0.3 is 9.80 Å². The third-order valence-electron chi connectivity index (χ3n) is 8.08. The number of rotatable bonds is 2. The smallest absolute Gasteiger partial charge is 0.123 e. The standard InChI is InChI=1S/C38H24F2N2/c39-25-17-21-27(22-18-25)41-33-13-5-1-9-29(33)37(30-10-2-6-14-34(30)41)38-31-11-3-7-15-35(31)42(28-23-19-26(40)20-24-28)36-16-8-4-12-32(36)38/h1-24H. The number of hydrogen-bond acceptors (Lipinski definition) is 2. The lowest BCUT2D eigenvalue weighted by molar-refractivity contribution is 0.627. The van der Waals surface area contributed by atoms with Crippen LogP contribution in [0, 0.1) is 11.6 Å². The van der Waals surface area contributed by atoms with Gasteiger partial charge in [-0.15, -0.1) is 0 Å². The van der Waals surface area contributed by atoms with Crippen molar-refractivity contribution in [3.63, 3.8) is 0 Å².